The maximum atomic E-state index is 14.0. The van der Waals surface area contributed by atoms with E-state index in [4.69, 9.17) is 4.74 Å². The van der Waals surface area contributed by atoms with Gasteiger partial charge in [0.1, 0.15) is 0 Å². The summed E-state index contributed by atoms with van der Waals surface area (Å²) in [6.45, 7) is 0.348. The lowest BCUT2D eigenvalue weighted by atomic mass is 9.90. The van der Waals surface area contributed by atoms with Gasteiger partial charge in [0.05, 0.1) is 30.5 Å². The summed E-state index contributed by atoms with van der Waals surface area (Å²) in [6.07, 6.45) is 0. The van der Waals surface area contributed by atoms with Crippen molar-refractivity contribution in [3.05, 3.63) is 137 Å². The minimum atomic E-state index is -0.397. The molecule has 0 spiro atoms. The Labute approximate surface area is 198 Å². The lowest BCUT2D eigenvalue weighted by Crippen LogP contribution is -2.26. The minimum absolute atomic E-state index is 0.0626. The quantitative estimate of drug-likeness (QED) is 0.280. The zero-order chi connectivity index (χ0) is 23.5. The fourth-order valence-corrected chi connectivity index (χ4v) is 4.44. The number of anilines is 1. The van der Waals surface area contributed by atoms with Crippen LogP contribution in [0.25, 0.3) is 11.1 Å². The van der Waals surface area contributed by atoms with Crippen molar-refractivity contribution in [1.82, 2.24) is 0 Å². The van der Waals surface area contributed by atoms with Crippen LogP contribution in [0.2, 0.25) is 0 Å². The number of rotatable bonds is 5. The second-order valence-electron chi connectivity index (χ2n) is 8.08. The normalized spacial score (nSPS) is 12.4. The van der Waals surface area contributed by atoms with Crippen LogP contribution in [0, 0.1) is 0 Å². The first-order valence-corrected chi connectivity index (χ1v) is 11.1. The molecule has 0 aliphatic carbocycles. The number of hydrogen-bond acceptors (Lipinski definition) is 3. The van der Waals surface area contributed by atoms with Gasteiger partial charge < -0.3 is 9.64 Å². The van der Waals surface area contributed by atoms with Crippen molar-refractivity contribution in [1.29, 1.82) is 0 Å². The molecule has 0 unspecified atom stereocenters. The van der Waals surface area contributed by atoms with Crippen LogP contribution in [0.15, 0.2) is 109 Å². The predicted octanol–water partition coefficient (Wildman–Crippen LogP) is 5.98. The first kappa shape index (κ1) is 21.4. The lowest BCUT2D eigenvalue weighted by Gasteiger charge is -2.18. The molecule has 1 amide bonds. The van der Waals surface area contributed by atoms with Crippen LogP contribution < -0.4 is 4.90 Å². The van der Waals surface area contributed by atoms with Crippen molar-refractivity contribution in [2.24, 2.45) is 0 Å². The zero-order valence-electron chi connectivity index (χ0n) is 18.8. The molecule has 34 heavy (non-hydrogen) atoms. The third-order valence-corrected chi connectivity index (χ3v) is 5.99. The molecule has 0 atom stereocenters. The average Bonchev–Trinajstić information content (AvgIpc) is 3.16. The summed E-state index contributed by atoms with van der Waals surface area (Å²) in [6, 6.07) is 35.1. The summed E-state index contributed by atoms with van der Waals surface area (Å²) >= 11 is 0. The van der Waals surface area contributed by atoms with E-state index in [0.717, 1.165) is 33.5 Å². The van der Waals surface area contributed by atoms with E-state index in [9.17, 15) is 9.59 Å². The number of ether oxygens (including phenoxy) is 1. The highest BCUT2D eigenvalue weighted by Crippen LogP contribution is 2.43. The Morgan fingerprint density at radius 3 is 1.97 bits per heavy atom. The number of hydrogen-bond donors (Lipinski definition) is 0. The van der Waals surface area contributed by atoms with Crippen molar-refractivity contribution >= 4 is 28.7 Å². The summed E-state index contributed by atoms with van der Waals surface area (Å²) in [4.78, 5) is 27.8. The third-order valence-electron chi connectivity index (χ3n) is 5.99. The first-order valence-electron chi connectivity index (χ1n) is 11.1. The van der Waals surface area contributed by atoms with Crippen LogP contribution in [0.5, 0.6) is 0 Å². The highest BCUT2D eigenvalue weighted by molar-refractivity contribution is 6.38. The van der Waals surface area contributed by atoms with Gasteiger partial charge in [0, 0.05) is 11.1 Å². The topological polar surface area (TPSA) is 46.6 Å². The number of carbonyl (C=O) groups excluding carboxylic acids is 2. The highest BCUT2D eigenvalue weighted by Gasteiger charge is 2.35. The Bertz CT molecular complexity index is 1350. The fourth-order valence-electron chi connectivity index (χ4n) is 4.44. The second-order valence-corrected chi connectivity index (χ2v) is 8.08. The molecule has 166 valence electrons. The van der Waals surface area contributed by atoms with Gasteiger partial charge in [-0.1, -0.05) is 91.0 Å². The molecule has 4 aromatic carbocycles. The molecule has 0 fully saturated rings. The number of nitrogens with zero attached hydrogens (tertiary/aromatic N) is 1. The number of para-hydroxylation sites is 1. The molecule has 0 saturated carbocycles. The van der Waals surface area contributed by atoms with Gasteiger partial charge in [-0.2, -0.15) is 0 Å². The highest BCUT2D eigenvalue weighted by atomic mass is 16.5. The molecular weight excluding hydrogens is 422 g/mol. The van der Waals surface area contributed by atoms with Crippen LogP contribution in [-0.4, -0.2) is 19.0 Å². The van der Waals surface area contributed by atoms with E-state index >= 15 is 0 Å². The Hall–Kier alpha value is -4.44. The average molecular weight is 446 g/mol. The molecule has 4 heteroatoms. The summed E-state index contributed by atoms with van der Waals surface area (Å²) in [7, 11) is 1.36. The monoisotopic (exact) mass is 445 g/mol. The maximum Gasteiger partial charge on any atom is 0.337 e. The van der Waals surface area contributed by atoms with Crippen molar-refractivity contribution in [2.75, 3.05) is 12.0 Å². The van der Waals surface area contributed by atoms with Gasteiger partial charge in [0.2, 0.25) is 0 Å². The van der Waals surface area contributed by atoms with Gasteiger partial charge in [-0.15, -0.1) is 0 Å². The Balaban J connectivity index is 1.66. The van der Waals surface area contributed by atoms with E-state index in [-0.39, 0.29) is 5.91 Å². The van der Waals surface area contributed by atoms with Gasteiger partial charge in [-0.3, -0.25) is 4.79 Å². The molecule has 1 aliphatic rings. The van der Waals surface area contributed by atoms with E-state index in [2.05, 4.69) is 0 Å². The standard InChI is InChI=1S/C30H23NO3/c1-34-30(33)24-16-10-11-21(19-24)20-31-26-18-9-8-17-25(26)28(29(31)32)27(22-12-4-2-5-13-22)23-14-6-3-7-15-23/h2-19H,20H2,1H3. The molecule has 0 saturated heterocycles. The first-order chi connectivity index (χ1) is 16.7. The third kappa shape index (κ3) is 3.90. The predicted molar refractivity (Wildman–Crippen MR) is 134 cm³/mol. The number of fused-ring (bicyclic) bond motifs is 1. The van der Waals surface area contributed by atoms with Gasteiger partial charge in [0.25, 0.3) is 5.91 Å². The molecule has 1 heterocycles. The summed E-state index contributed by atoms with van der Waals surface area (Å²) in [5.74, 6) is -0.460. The van der Waals surface area contributed by atoms with Crippen LogP contribution in [0.1, 0.15) is 32.6 Å². The Morgan fingerprint density at radius 1 is 0.735 bits per heavy atom. The number of esters is 1. The van der Waals surface area contributed by atoms with Crippen LogP contribution >= 0.6 is 0 Å². The van der Waals surface area contributed by atoms with Crippen LogP contribution in [0.4, 0.5) is 5.69 Å². The van der Waals surface area contributed by atoms with Crippen molar-refractivity contribution in [2.45, 2.75) is 6.54 Å². The second kappa shape index (κ2) is 9.20. The fraction of sp³-hybridized carbons (Fsp3) is 0.0667. The zero-order valence-corrected chi connectivity index (χ0v) is 18.8. The van der Waals surface area contributed by atoms with Crippen molar-refractivity contribution in [3.8, 4) is 0 Å². The van der Waals surface area contributed by atoms with E-state index in [1.807, 2.05) is 97.1 Å². The number of methoxy groups -OCH3 is 1. The molecule has 0 bridgehead atoms. The minimum Gasteiger partial charge on any atom is -0.465 e. The summed E-state index contributed by atoms with van der Waals surface area (Å²) < 4.78 is 4.86. The summed E-state index contributed by atoms with van der Waals surface area (Å²) in [5.41, 5.74) is 6.64. The largest absolute Gasteiger partial charge is 0.465 e. The maximum absolute atomic E-state index is 14.0. The van der Waals surface area contributed by atoms with Crippen molar-refractivity contribution < 1.29 is 14.3 Å². The lowest BCUT2D eigenvalue weighted by molar-refractivity contribution is -0.113. The smallest absolute Gasteiger partial charge is 0.337 e. The van der Waals surface area contributed by atoms with E-state index in [0.29, 0.717) is 17.7 Å². The van der Waals surface area contributed by atoms with Crippen LogP contribution in [-0.2, 0) is 16.1 Å². The number of carbonyl (C=O) groups is 2. The SMILES string of the molecule is COC(=O)c1cccc(CN2C(=O)C(=C(c3ccccc3)c3ccccc3)c3ccccc32)c1. The number of amides is 1. The van der Waals surface area contributed by atoms with E-state index < -0.39 is 5.97 Å². The van der Waals surface area contributed by atoms with Gasteiger partial charge in [-0.25, -0.2) is 4.79 Å². The van der Waals surface area contributed by atoms with Gasteiger partial charge in [0.15, 0.2) is 0 Å². The molecule has 1 aliphatic heterocycles. The Morgan fingerprint density at radius 2 is 1.32 bits per heavy atom. The summed E-state index contributed by atoms with van der Waals surface area (Å²) in [5, 5.41) is 0. The van der Waals surface area contributed by atoms with E-state index in [1.54, 1.807) is 17.0 Å². The molecular formula is C30H23NO3. The van der Waals surface area contributed by atoms with E-state index in [1.165, 1.54) is 7.11 Å². The molecule has 4 nitrogen and oxygen atoms in total. The molecule has 0 N–H and O–H groups in total. The molecule has 5 rings (SSSR count). The van der Waals surface area contributed by atoms with Crippen molar-refractivity contribution in [3.63, 3.8) is 0 Å². The molecule has 0 radical (unpaired) electrons. The van der Waals surface area contributed by atoms with Gasteiger partial charge >= 0.3 is 5.97 Å². The Kier molecular flexibility index (Phi) is 5.79. The van der Waals surface area contributed by atoms with Crippen LogP contribution in [0.3, 0.4) is 0 Å². The molecule has 4 aromatic rings. The van der Waals surface area contributed by atoms with Gasteiger partial charge in [-0.05, 0) is 34.9 Å². The number of benzene rings is 4. The molecule has 0 aromatic heterocycles.